The van der Waals surface area contributed by atoms with Crippen LogP contribution in [0.15, 0.2) is 24.3 Å². The maximum Gasteiger partial charge on any atom is 0.313 e. The average Bonchev–Trinajstić information content (AvgIpc) is 2.32. The first-order chi connectivity index (χ1) is 8.15. The van der Waals surface area contributed by atoms with E-state index in [2.05, 4.69) is 10.6 Å². The Bertz CT molecular complexity index is 409. The first-order valence-electron chi connectivity index (χ1n) is 4.98. The third-order valence-electron chi connectivity index (χ3n) is 1.92. The van der Waals surface area contributed by atoms with Gasteiger partial charge in [-0.05, 0) is 12.1 Å². The third kappa shape index (κ3) is 4.20. The topological polar surface area (TPSA) is 67.4 Å². The molecule has 2 amide bonds. The molecule has 0 aliphatic heterocycles. The number of methoxy groups -OCH3 is 1. The van der Waals surface area contributed by atoms with E-state index < -0.39 is 17.6 Å². The lowest BCUT2D eigenvalue weighted by molar-refractivity contribution is -0.136. The molecule has 2 N–H and O–H groups in total. The number of carbonyl (C=O) groups excluding carboxylic acids is 2. The first kappa shape index (κ1) is 13.1. The minimum Gasteiger partial charge on any atom is -0.383 e. The number of halogens is 1. The Hall–Kier alpha value is -1.95. The molecular formula is C11H13FN2O3. The fourth-order valence-electron chi connectivity index (χ4n) is 1.09. The molecule has 0 fully saturated rings. The van der Waals surface area contributed by atoms with Crippen LogP contribution in [-0.2, 0) is 14.3 Å². The summed E-state index contributed by atoms with van der Waals surface area (Å²) in [7, 11) is 1.48. The second-order valence-corrected chi connectivity index (χ2v) is 3.18. The van der Waals surface area contributed by atoms with Crippen molar-refractivity contribution in [1.82, 2.24) is 5.32 Å². The molecule has 0 spiro atoms. The number of benzene rings is 1. The van der Waals surface area contributed by atoms with Crippen molar-refractivity contribution in [1.29, 1.82) is 0 Å². The molecule has 1 aromatic rings. The Morgan fingerprint density at radius 2 is 2.00 bits per heavy atom. The predicted molar refractivity (Wildman–Crippen MR) is 59.9 cm³/mol. The number of anilines is 1. The van der Waals surface area contributed by atoms with Crippen molar-refractivity contribution in [2.24, 2.45) is 0 Å². The van der Waals surface area contributed by atoms with E-state index in [1.54, 1.807) is 6.07 Å². The van der Waals surface area contributed by atoms with Gasteiger partial charge >= 0.3 is 11.8 Å². The highest BCUT2D eigenvalue weighted by atomic mass is 19.1. The summed E-state index contributed by atoms with van der Waals surface area (Å²) in [4.78, 5) is 22.6. The fourth-order valence-corrected chi connectivity index (χ4v) is 1.09. The molecule has 0 bridgehead atoms. The summed E-state index contributed by atoms with van der Waals surface area (Å²) in [6, 6.07) is 5.61. The van der Waals surface area contributed by atoms with E-state index in [0.717, 1.165) is 0 Å². The summed E-state index contributed by atoms with van der Waals surface area (Å²) in [5, 5.41) is 4.49. The number of para-hydroxylation sites is 1. The van der Waals surface area contributed by atoms with Crippen molar-refractivity contribution in [3.8, 4) is 0 Å². The maximum atomic E-state index is 13.2. The molecule has 0 heterocycles. The van der Waals surface area contributed by atoms with Crippen molar-refractivity contribution >= 4 is 17.5 Å². The van der Waals surface area contributed by atoms with Crippen molar-refractivity contribution in [2.45, 2.75) is 0 Å². The van der Waals surface area contributed by atoms with Gasteiger partial charge in [-0.1, -0.05) is 12.1 Å². The summed E-state index contributed by atoms with van der Waals surface area (Å²) in [6.45, 7) is 0.527. The lowest BCUT2D eigenvalue weighted by Gasteiger charge is -2.06. The van der Waals surface area contributed by atoms with Gasteiger partial charge in [0.1, 0.15) is 5.82 Å². The molecule has 92 valence electrons. The molecule has 0 aromatic heterocycles. The molecule has 1 rings (SSSR count). The highest BCUT2D eigenvalue weighted by Crippen LogP contribution is 2.11. The maximum absolute atomic E-state index is 13.2. The van der Waals surface area contributed by atoms with E-state index in [1.807, 2.05) is 0 Å². The lowest BCUT2D eigenvalue weighted by atomic mass is 10.3. The van der Waals surface area contributed by atoms with Gasteiger partial charge in [0.25, 0.3) is 0 Å². The molecule has 1 aromatic carbocycles. The van der Waals surface area contributed by atoms with Gasteiger partial charge in [-0.15, -0.1) is 0 Å². The summed E-state index contributed by atoms with van der Waals surface area (Å²) in [5.41, 5.74) is -0.0283. The van der Waals surface area contributed by atoms with Gasteiger partial charge in [0.2, 0.25) is 0 Å². The van der Waals surface area contributed by atoms with Crippen molar-refractivity contribution < 1.29 is 18.7 Å². The Labute approximate surface area is 98.0 Å². The molecule has 0 unspecified atom stereocenters. The van der Waals surface area contributed by atoms with E-state index >= 15 is 0 Å². The molecule has 0 atom stereocenters. The number of amides is 2. The average molecular weight is 240 g/mol. The highest BCUT2D eigenvalue weighted by Gasteiger charge is 2.14. The van der Waals surface area contributed by atoms with Gasteiger partial charge < -0.3 is 15.4 Å². The molecule has 0 radical (unpaired) electrons. The van der Waals surface area contributed by atoms with Crippen LogP contribution >= 0.6 is 0 Å². The standard InChI is InChI=1S/C11H13FN2O3/c1-17-7-6-13-10(15)11(16)14-9-5-3-2-4-8(9)12/h2-5H,6-7H2,1H3,(H,13,15)(H,14,16). The van der Waals surface area contributed by atoms with Gasteiger partial charge in [0.15, 0.2) is 0 Å². The van der Waals surface area contributed by atoms with Crippen LogP contribution in [0, 0.1) is 5.82 Å². The van der Waals surface area contributed by atoms with E-state index in [9.17, 15) is 14.0 Å². The Morgan fingerprint density at radius 1 is 1.29 bits per heavy atom. The van der Waals surface area contributed by atoms with Crippen LogP contribution in [0.4, 0.5) is 10.1 Å². The van der Waals surface area contributed by atoms with Crippen molar-refractivity contribution in [2.75, 3.05) is 25.6 Å². The summed E-state index contributed by atoms with van der Waals surface area (Å²) in [6.07, 6.45) is 0. The van der Waals surface area contributed by atoms with E-state index in [0.29, 0.717) is 6.61 Å². The minimum absolute atomic E-state index is 0.0283. The van der Waals surface area contributed by atoms with Crippen LogP contribution < -0.4 is 10.6 Å². The van der Waals surface area contributed by atoms with Crippen LogP contribution in [0.1, 0.15) is 0 Å². The molecule has 6 heteroatoms. The van der Waals surface area contributed by atoms with Crippen LogP contribution in [-0.4, -0.2) is 32.1 Å². The molecule has 0 aliphatic rings. The van der Waals surface area contributed by atoms with Crippen LogP contribution in [0.5, 0.6) is 0 Å². The van der Waals surface area contributed by atoms with Gasteiger partial charge in [-0.2, -0.15) is 0 Å². The van der Waals surface area contributed by atoms with Crippen molar-refractivity contribution in [3.05, 3.63) is 30.1 Å². The second-order valence-electron chi connectivity index (χ2n) is 3.18. The molecule has 0 saturated carbocycles. The minimum atomic E-state index is -0.911. The van der Waals surface area contributed by atoms with Crippen LogP contribution in [0.3, 0.4) is 0 Å². The number of hydrogen-bond donors (Lipinski definition) is 2. The Balaban J connectivity index is 2.49. The zero-order valence-corrected chi connectivity index (χ0v) is 9.33. The Kier molecular flexibility index (Phi) is 5.09. The fraction of sp³-hybridized carbons (Fsp3) is 0.273. The summed E-state index contributed by atoms with van der Waals surface area (Å²) < 4.78 is 17.9. The normalized spacial score (nSPS) is 9.76. The lowest BCUT2D eigenvalue weighted by Crippen LogP contribution is -2.37. The van der Waals surface area contributed by atoms with Gasteiger partial charge in [0, 0.05) is 13.7 Å². The number of ether oxygens (including phenoxy) is 1. The van der Waals surface area contributed by atoms with E-state index in [-0.39, 0.29) is 12.2 Å². The first-order valence-corrected chi connectivity index (χ1v) is 4.98. The SMILES string of the molecule is COCCNC(=O)C(=O)Nc1ccccc1F. The van der Waals surface area contributed by atoms with E-state index in [1.165, 1.54) is 25.3 Å². The second kappa shape index (κ2) is 6.59. The van der Waals surface area contributed by atoms with E-state index in [4.69, 9.17) is 4.74 Å². The number of rotatable bonds is 4. The largest absolute Gasteiger partial charge is 0.383 e. The molecule has 0 aliphatic carbocycles. The smallest absolute Gasteiger partial charge is 0.313 e. The molecule has 17 heavy (non-hydrogen) atoms. The third-order valence-corrected chi connectivity index (χ3v) is 1.92. The number of hydrogen-bond acceptors (Lipinski definition) is 3. The van der Waals surface area contributed by atoms with Crippen LogP contribution in [0.2, 0.25) is 0 Å². The predicted octanol–water partition coefficient (Wildman–Crippen LogP) is 0.527. The number of nitrogens with one attached hydrogen (secondary N) is 2. The van der Waals surface area contributed by atoms with Gasteiger partial charge in [-0.3, -0.25) is 9.59 Å². The highest BCUT2D eigenvalue weighted by molar-refractivity contribution is 6.39. The van der Waals surface area contributed by atoms with Crippen molar-refractivity contribution in [3.63, 3.8) is 0 Å². The van der Waals surface area contributed by atoms with Gasteiger partial charge in [0.05, 0.1) is 12.3 Å². The number of carbonyl (C=O) groups is 2. The van der Waals surface area contributed by atoms with Gasteiger partial charge in [-0.25, -0.2) is 4.39 Å². The molecular weight excluding hydrogens is 227 g/mol. The quantitative estimate of drug-likeness (QED) is 0.595. The summed E-state index contributed by atoms with van der Waals surface area (Å²) in [5.74, 6) is -2.33. The Morgan fingerprint density at radius 3 is 2.65 bits per heavy atom. The molecule has 5 nitrogen and oxygen atoms in total. The summed E-state index contributed by atoms with van der Waals surface area (Å²) >= 11 is 0. The monoisotopic (exact) mass is 240 g/mol. The zero-order valence-electron chi connectivity index (χ0n) is 9.33. The molecule has 0 saturated heterocycles. The van der Waals surface area contributed by atoms with Crippen LogP contribution in [0.25, 0.3) is 0 Å². The zero-order chi connectivity index (χ0) is 12.7.